The number of nitrogens with two attached hydrogens (primary N) is 2. The summed E-state index contributed by atoms with van der Waals surface area (Å²) in [5.74, 6) is -1.38. The van der Waals surface area contributed by atoms with Crippen LogP contribution in [0.15, 0.2) is 149 Å². The summed E-state index contributed by atoms with van der Waals surface area (Å²) in [6.07, 6.45) is 0. The van der Waals surface area contributed by atoms with E-state index in [1.54, 1.807) is 6.07 Å². The van der Waals surface area contributed by atoms with Crippen LogP contribution in [0.25, 0.3) is 32.3 Å². The zero-order chi connectivity index (χ0) is 41.7. The van der Waals surface area contributed by atoms with Gasteiger partial charge >= 0.3 is 0 Å². The zero-order valence-corrected chi connectivity index (χ0v) is 31.5. The van der Waals surface area contributed by atoms with E-state index < -0.39 is 63.0 Å². The first-order valence-corrected chi connectivity index (χ1v) is 20.5. The summed E-state index contributed by atoms with van der Waals surface area (Å²) in [4.78, 5) is -1.87. The number of azo groups is 3. The molecule has 0 radical (unpaired) electrons. The quantitative estimate of drug-likeness (QED) is 0.0406. The second kappa shape index (κ2) is 14.5. The number of nitrogens with zero attached hydrogens (tertiary/aromatic N) is 6. The van der Waals surface area contributed by atoms with Crippen LogP contribution in [-0.4, -0.2) is 49.1 Å². The molecule has 58 heavy (non-hydrogen) atoms. The van der Waals surface area contributed by atoms with Crippen molar-refractivity contribution in [2.75, 3.05) is 11.5 Å². The molecule has 0 aliphatic heterocycles. The normalized spacial score (nSPS) is 12.9. The molecule has 22 heteroatoms. The van der Waals surface area contributed by atoms with Crippen molar-refractivity contribution in [3.63, 3.8) is 0 Å². The maximum Gasteiger partial charge on any atom is 0.296 e. The Balaban J connectivity index is 1.20. The van der Waals surface area contributed by atoms with Crippen LogP contribution in [0.4, 0.5) is 45.5 Å². The Hall–Kier alpha value is -6.95. The molecule has 0 fully saturated rings. The standard InChI is InChI=1S/C36H26N8O11S3/c37-20-3-1-18-13-31(57(50,51)52)33(35(45)26(18)15-20)44-41-23-4-2-19-14-32(58(53,54)55)34(36(46)27(19)16-23)43-40-22-7-5-21(6-8-22)39-42-30-12-11-29(38)28-17-24(56(47,48)49)9-10-25(28)30/h1-17,45-46H,37-38H2,(H,47,48,49)(H,50,51,52)(H,53,54,55). The van der Waals surface area contributed by atoms with Crippen LogP contribution in [-0.2, 0) is 30.4 Å². The SMILES string of the molecule is Nc1ccc2cc(S(=O)(=O)O)c(N=Nc3ccc4cc(S(=O)(=O)O)c(N=Nc5ccc(N=Nc6ccc(N)c7cc(S(=O)(=O)O)ccc67)cc5)c(O)c4c3)c(O)c2c1. The van der Waals surface area contributed by atoms with Crippen LogP contribution in [0, 0.1) is 0 Å². The molecule has 294 valence electrons. The number of rotatable bonds is 9. The number of nitrogen functional groups attached to an aromatic ring is 2. The third kappa shape index (κ3) is 7.86. The van der Waals surface area contributed by atoms with Gasteiger partial charge in [0.2, 0.25) is 0 Å². The number of aromatic hydroxyl groups is 2. The van der Waals surface area contributed by atoms with E-state index in [2.05, 4.69) is 30.7 Å². The van der Waals surface area contributed by atoms with Crippen LogP contribution in [0.5, 0.6) is 11.5 Å². The molecule has 7 rings (SSSR count). The third-order valence-corrected chi connectivity index (χ3v) is 11.2. The van der Waals surface area contributed by atoms with E-state index in [-0.39, 0.29) is 49.2 Å². The number of phenols is 2. The Morgan fingerprint density at radius 2 is 0.931 bits per heavy atom. The predicted octanol–water partition coefficient (Wildman–Crippen LogP) is 8.71. The van der Waals surface area contributed by atoms with Crippen LogP contribution in [0.2, 0.25) is 0 Å². The number of hydrogen-bond acceptors (Lipinski definition) is 16. The molecule has 9 N–H and O–H groups in total. The van der Waals surface area contributed by atoms with Crippen molar-refractivity contribution < 1.29 is 49.1 Å². The Morgan fingerprint density at radius 3 is 1.48 bits per heavy atom. The van der Waals surface area contributed by atoms with Crippen LogP contribution in [0.3, 0.4) is 0 Å². The third-order valence-electron chi connectivity index (χ3n) is 8.62. The highest BCUT2D eigenvalue weighted by atomic mass is 32.2. The van der Waals surface area contributed by atoms with Gasteiger partial charge in [0.25, 0.3) is 30.4 Å². The molecule has 0 heterocycles. The van der Waals surface area contributed by atoms with Crippen molar-refractivity contribution in [3.05, 3.63) is 103 Å². The summed E-state index contributed by atoms with van der Waals surface area (Å²) in [5.41, 5.74) is 11.9. The fourth-order valence-electron chi connectivity index (χ4n) is 5.83. The van der Waals surface area contributed by atoms with Gasteiger partial charge in [-0.15, -0.1) is 15.3 Å². The molecule has 19 nitrogen and oxygen atoms in total. The van der Waals surface area contributed by atoms with Gasteiger partial charge in [-0.1, -0.05) is 18.2 Å². The van der Waals surface area contributed by atoms with Crippen molar-refractivity contribution >= 4 is 108 Å². The minimum absolute atomic E-state index is 0.0294. The van der Waals surface area contributed by atoms with Gasteiger partial charge in [-0.25, -0.2) is 0 Å². The molecule has 0 spiro atoms. The maximum atomic E-state index is 12.4. The van der Waals surface area contributed by atoms with E-state index in [1.165, 1.54) is 84.9 Å². The smallest absolute Gasteiger partial charge is 0.296 e. The minimum Gasteiger partial charge on any atom is -0.505 e. The summed E-state index contributed by atoms with van der Waals surface area (Å²) >= 11 is 0. The molecule has 0 saturated heterocycles. The lowest BCUT2D eigenvalue weighted by molar-refractivity contribution is 0.471. The first-order valence-electron chi connectivity index (χ1n) is 16.2. The fraction of sp³-hybridized carbons (Fsp3) is 0. The average molecular weight is 843 g/mol. The van der Waals surface area contributed by atoms with Crippen LogP contribution in [0.1, 0.15) is 0 Å². The van der Waals surface area contributed by atoms with E-state index in [1.807, 2.05) is 0 Å². The molecule has 0 aliphatic carbocycles. The van der Waals surface area contributed by atoms with Crippen LogP contribution < -0.4 is 11.5 Å². The van der Waals surface area contributed by atoms with Gasteiger partial charge in [0.15, 0.2) is 11.5 Å². The van der Waals surface area contributed by atoms with Crippen molar-refractivity contribution in [3.8, 4) is 11.5 Å². The summed E-state index contributed by atoms with van der Waals surface area (Å²) < 4.78 is 102. The molecular weight excluding hydrogens is 817 g/mol. The maximum absolute atomic E-state index is 12.4. The summed E-state index contributed by atoms with van der Waals surface area (Å²) in [5, 5.41) is 47.5. The van der Waals surface area contributed by atoms with Crippen LogP contribution >= 0.6 is 0 Å². The van der Waals surface area contributed by atoms with Crippen molar-refractivity contribution in [2.45, 2.75) is 14.7 Å². The van der Waals surface area contributed by atoms with E-state index >= 15 is 0 Å². The Bertz CT molecular complexity index is 3300. The Morgan fingerprint density at radius 1 is 0.431 bits per heavy atom. The molecule has 0 bridgehead atoms. The summed E-state index contributed by atoms with van der Waals surface area (Å²) in [6.45, 7) is 0. The fourth-order valence-corrected chi connectivity index (χ4v) is 7.65. The molecule has 7 aromatic carbocycles. The van der Waals surface area contributed by atoms with Gasteiger partial charge in [0.1, 0.15) is 21.2 Å². The van der Waals surface area contributed by atoms with Crippen molar-refractivity contribution in [1.29, 1.82) is 0 Å². The predicted molar refractivity (Wildman–Crippen MR) is 212 cm³/mol. The van der Waals surface area contributed by atoms with E-state index in [4.69, 9.17) is 11.5 Å². The monoisotopic (exact) mass is 842 g/mol. The van der Waals surface area contributed by atoms with Gasteiger partial charge in [-0.2, -0.15) is 40.6 Å². The largest absolute Gasteiger partial charge is 0.505 e. The first-order chi connectivity index (χ1) is 27.3. The Labute approximate surface area is 327 Å². The minimum atomic E-state index is -4.97. The van der Waals surface area contributed by atoms with E-state index in [9.17, 15) is 49.1 Å². The Kier molecular flexibility index (Phi) is 9.84. The molecule has 0 aliphatic rings. The topological polar surface area (TPSA) is 330 Å². The van der Waals surface area contributed by atoms with Gasteiger partial charge in [0.05, 0.1) is 27.6 Å². The molecule has 0 saturated carbocycles. The second-order valence-corrected chi connectivity index (χ2v) is 16.7. The van der Waals surface area contributed by atoms with Gasteiger partial charge in [-0.3, -0.25) is 13.7 Å². The van der Waals surface area contributed by atoms with Crippen molar-refractivity contribution in [1.82, 2.24) is 0 Å². The zero-order valence-electron chi connectivity index (χ0n) is 29.1. The molecule has 7 aromatic rings. The van der Waals surface area contributed by atoms with Gasteiger partial charge in [-0.05, 0) is 95.7 Å². The first kappa shape index (κ1) is 39.3. The molecule has 0 unspecified atom stereocenters. The van der Waals surface area contributed by atoms with Gasteiger partial charge in [0, 0.05) is 32.9 Å². The number of hydrogen-bond donors (Lipinski definition) is 7. The van der Waals surface area contributed by atoms with E-state index in [0.717, 1.165) is 12.1 Å². The van der Waals surface area contributed by atoms with Crippen molar-refractivity contribution in [2.24, 2.45) is 30.7 Å². The number of fused-ring (bicyclic) bond motifs is 3. The van der Waals surface area contributed by atoms with E-state index in [0.29, 0.717) is 22.1 Å². The summed E-state index contributed by atoms with van der Waals surface area (Å²) in [7, 11) is -14.4. The average Bonchev–Trinajstić information content (AvgIpc) is 3.16. The highest BCUT2D eigenvalue weighted by Gasteiger charge is 2.24. The number of phenolic OH excluding ortho intramolecular Hbond substituents is 2. The molecule has 0 atom stereocenters. The summed E-state index contributed by atoms with van der Waals surface area (Å²) in [6, 6.07) is 23.0. The van der Waals surface area contributed by atoms with Gasteiger partial charge < -0.3 is 21.7 Å². The lowest BCUT2D eigenvalue weighted by atomic mass is 10.1. The number of benzene rings is 7. The lowest BCUT2D eigenvalue weighted by Crippen LogP contribution is -1.99. The second-order valence-electron chi connectivity index (χ2n) is 12.5. The number of anilines is 2. The molecular formula is C36H26N8O11S3. The highest BCUT2D eigenvalue weighted by Crippen LogP contribution is 2.45. The molecule has 0 aromatic heterocycles. The lowest BCUT2D eigenvalue weighted by Gasteiger charge is -2.10. The molecule has 0 amide bonds. The highest BCUT2D eigenvalue weighted by molar-refractivity contribution is 7.86.